The van der Waals surface area contributed by atoms with Crippen LogP contribution in [0.4, 0.5) is 10.7 Å². The van der Waals surface area contributed by atoms with E-state index in [1.54, 1.807) is 23.1 Å². The molecule has 0 aliphatic heterocycles. The highest BCUT2D eigenvalue weighted by Gasteiger charge is 2.34. The summed E-state index contributed by atoms with van der Waals surface area (Å²) in [6.45, 7) is 6.30. The van der Waals surface area contributed by atoms with Crippen LogP contribution in [0.1, 0.15) is 42.8 Å². The Kier molecular flexibility index (Phi) is 4.79. The molecule has 0 bridgehead atoms. The van der Waals surface area contributed by atoms with Crippen molar-refractivity contribution in [2.24, 2.45) is 5.92 Å². The fourth-order valence-corrected chi connectivity index (χ4v) is 4.50. The van der Waals surface area contributed by atoms with E-state index < -0.39 is 0 Å². The minimum atomic E-state index is 0.241. The van der Waals surface area contributed by atoms with Gasteiger partial charge in [-0.25, -0.2) is 0 Å². The summed E-state index contributed by atoms with van der Waals surface area (Å²) in [6, 6.07) is 0. The summed E-state index contributed by atoms with van der Waals surface area (Å²) in [4.78, 5) is 16.5. The fourth-order valence-electron chi connectivity index (χ4n) is 2.21. The topological polar surface area (TPSA) is 46.3 Å². The summed E-state index contributed by atoms with van der Waals surface area (Å²) in [6.07, 6.45) is 5.21. The van der Waals surface area contributed by atoms with Gasteiger partial charge in [0.2, 0.25) is 0 Å². The molecule has 0 radical (unpaired) electrons. The molecule has 2 N–H and O–H groups in total. The molecule has 19 heavy (non-hydrogen) atoms. The van der Waals surface area contributed by atoms with Gasteiger partial charge in [-0.3, -0.25) is 4.79 Å². The van der Waals surface area contributed by atoms with E-state index in [-0.39, 0.29) is 11.7 Å². The normalized spacial score (nSPS) is 14.7. The second-order valence-corrected chi connectivity index (χ2v) is 6.72. The molecule has 3 nitrogen and oxygen atoms in total. The molecule has 1 saturated carbocycles. The number of rotatable bonds is 7. The van der Waals surface area contributed by atoms with Crippen molar-refractivity contribution in [2.75, 3.05) is 30.0 Å². The van der Waals surface area contributed by atoms with Gasteiger partial charge in [0.05, 0.1) is 15.5 Å². The van der Waals surface area contributed by atoms with Gasteiger partial charge in [-0.15, -0.1) is 23.1 Å². The number of Topliss-reactive ketones (excluding diaryl/α,β-unsaturated/α-hetero) is 1. The third-order valence-electron chi connectivity index (χ3n) is 3.42. The van der Waals surface area contributed by atoms with E-state index in [1.807, 2.05) is 6.26 Å². The van der Waals surface area contributed by atoms with Crippen LogP contribution >= 0.6 is 23.1 Å². The van der Waals surface area contributed by atoms with Crippen LogP contribution in [-0.2, 0) is 0 Å². The monoisotopic (exact) mass is 298 g/mol. The van der Waals surface area contributed by atoms with Gasteiger partial charge < -0.3 is 10.6 Å². The second-order valence-electron chi connectivity index (χ2n) is 4.90. The summed E-state index contributed by atoms with van der Waals surface area (Å²) in [5.74, 6) is 0.501. The van der Waals surface area contributed by atoms with E-state index in [4.69, 9.17) is 5.73 Å². The maximum Gasteiger partial charge on any atom is 0.178 e. The predicted octanol–water partition coefficient (Wildman–Crippen LogP) is 3.88. The van der Waals surface area contributed by atoms with Crippen molar-refractivity contribution >= 4 is 39.6 Å². The number of hydrogen-bond donors (Lipinski definition) is 1. The molecule has 0 aromatic carbocycles. The lowest BCUT2D eigenvalue weighted by Crippen LogP contribution is -2.22. The molecule has 0 atom stereocenters. The van der Waals surface area contributed by atoms with Crippen molar-refractivity contribution < 1.29 is 4.79 Å². The van der Waals surface area contributed by atoms with Crippen molar-refractivity contribution in [3.8, 4) is 0 Å². The van der Waals surface area contributed by atoms with Gasteiger partial charge >= 0.3 is 0 Å². The van der Waals surface area contributed by atoms with Crippen LogP contribution < -0.4 is 10.6 Å². The average Bonchev–Trinajstić information content (AvgIpc) is 3.20. The van der Waals surface area contributed by atoms with E-state index in [0.717, 1.165) is 42.1 Å². The lowest BCUT2D eigenvalue weighted by molar-refractivity contribution is 0.0972. The highest BCUT2D eigenvalue weighted by Crippen LogP contribution is 2.46. The molecule has 1 aromatic heterocycles. The van der Waals surface area contributed by atoms with Gasteiger partial charge in [-0.05, 0) is 32.4 Å². The highest BCUT2D eigenvalue weighted by atomic mass is 32.2. The Labute approximate surface area is 123 Å². The van der Waals surface area contributed by atoms with Gasteiger partial charge in [0.15, 0.2) is 5.78 Å². The zero-order valence-corrected chi connectivity index (χ0v) is 13.5. The summed E-state index contributed by atoms with van der Waals surface area (Å²) in [5, 5.41) is 1.18. The van der Waals surface area contributed by atoms with E-state index in [2.05, 4.69) is 18.7 Å². The molecule has 1 heterocycles. The zero-order chi connectivity index (χ0) is 14.0. The van der Waals surface area contributed by atoms with E-state index in [0.29, 0.717) is 5.69 Å². The molecule has 1 aliphatic rings. The smallest absolute Gasteiger partial charge is 0.178 e. The minimum absolute atomic E-state index is 0.241. The first kappa shape index (κ1) is 14.7. The van der Waals surface area contributed by atoms with Crippen LogP contribution in [0.15, 0.2) is 4.90 Å². The summed E-state index contributed by atoms with van der Waals surface area (Å²) in [7, 11) is 0. The maximum atomic E-state index is 12.3. The Morgan fingerprint density at radius 1 is 1.47 bits per heavy atom. The average molecular weight is 298 g/mol. The van der Waals surface area contributed by atoms with Crippen LogP contribution in [-0.4, -0.2) is 25.1 Å². The zero-order valence-electron chi connectivity index (χ0n) is 11.9. The van der Waals surface area contributed by atoms with Gasteiger partial charge in [0.25, 0.3) is 0 Å². The first-order chi connectivity index (χ1) is 9.13. The number of ketones is 1. The van der Waals surface area contributed by atoms with E-state index >= 15 is 0 Å². The molecule has 5 heteroatoms. The SMILES string of the molecule is CCCN(CC)c1sc(C(=O)C2CC2)c(N)c1SC. The number of hydrogen-bond acceptors (Lipinski definition) is 5. The summed E-state index contributed by atoms with van der Waals surface area (Å²) >= 11 is 3.24. The van der Waals surface area contributed by atoms with E-state index in [1.165, 1.54) is 5.00 Å². The number of carbonyl (C=O) groups excluding carboxylic acids is 1. The van der Waals surface area contributed by atoms with Gasteiger partial charge in [0.1, 0.15) is 5.00 Å². The molecular weight excluding hydrogens is 276 g/mol. The van der Waals surface area contributed by atoms with Crippen molar-refractivity contribution in [3.05, 3.63) is 4.88 Å². The van der Waals surface area contributed by atoms with Crippen LogP contribution in [0.3, 0.4) is 0 Å². The highest BCUT2D eigenvalue weighted by molar-refractivity contribution is 7.99. The van der Waals surface area contributed by atoms with Crippen LogP contribution in [0.25, 0.3) is 0 Å². The van der Waals surface area contributed by atoms with Crippen LogP contribution in [0.2, 0.25) is 0 Å². The lowest BCUT2D eigenvalue weighted by atomic mass is 10.2. The lowest BCUT2D eigenvalue weighted by Gasteiger charge is -2.21. The Morgan fingerprint density at radius 2 is 2.16 bits per heavy atom. The Balaban J connectivity index is 2.36. The number of nitrogen functional groups attached to an aromatic ring is 1. The van der Waals surface area contributed by atoms with E-state index in [9.17, 15) is 4.79 Å². The third-order valence-corrected chi connectivity index (χ3v) is 5.65. The molecule has 0 unspecified atom stereocenters. The largest absolute Gasteiger partial charge is 0.396 e. The summed E-state index contributed by atoms with van der Waals surface area (Å²) in [5.41, 5.74) is 6.92. The Morgan fingerprint density at radius 3 is 2.63 bits per heavy atom. The second kappa shape index (κ2) is 6.18. The molecule has 0 saturated heterocycles. The van der Waals surface area contributed by atoms with Crippen molar-refractivity contribution in [3.63, 3.8) is 0 Å². The molecule has 1 aliphatic carbocycles. The number of thioether (sulfide) groups is 1. The van der Waals surface area contributed by atoms with Crippen LogP contribution in [0, 0.1) is 5.92 Å². The van der Waals surface area contributed by atoms with Crippen molar-refractivity contribution in [1.29, 1.82) is 0 Å². The third kappa shape index (κ3) is 2.92. The van der Waals surface area contributed by atoms with Gasteiger partial charge in [-0.1, -0.05) is 6.92 Å². The number of anilines is 2. The molecular formula is C14H22N2OS2. The predicted molar refractivity (Wildman–Crippen MR) is 85.7 cm³/mol. The molecule has 2 rings (SSSR count). The molecule has 0 amide bonds. The molecule has 106 valence electrons. The fraction of sp³-hybridized carbons (Fsp3) is 0.643. The van der Waals surface area contributed by atoms with Crippen molar-refractivity contribution in [1.82, 2.24) is 0 Å². The quantitative estimate of drug-likeness (QED) is 0.613. The maximum absolute atomic E-state index is 12.3. The van der Waals surface area contributed by atoms with Crippen LogP contribution in [0.5, 0.6) is 0 Å². The minimum Gasteiger partial charge on any atom is -0.396 e. The van der Waals surface area contributed by atoms with Gasteiger partial charge in [0, 0.05) is 19.0 Å². The standard InChI is InChI=1S/C14H22N2OS2/c1-4-8-16(5-2)14-13(18-3)10(15)12(19-14)11(17)9-6-7-9/h9H,4-8,15H2,1-3H3. The number of nitrogens with two attached hydrogens (primary N) is 1. The van der Waals surface area contributed by atoms with Crippen molar-refractivity contribution in [2.45, 2.75) is 38.0 Å². The number of carbonyl (C=O) groups is 1. The van der Waals surface area contributed by atoms with Gasteiger partial charge in [-0.2, -0.15) is 0 Å². The summed E-state index contributed by atoms with van der Waals surface area (Å²) < 4.78 is 0. The Bertz CT molecular complexity index is 466. The first-order valence-electron chi connectivity index (χ1n) is 6.89. The molecule has 0 spiro atoms. The Hall–Kier alpha value is -0.680. The molecule has 1 aromatic rings. The number of nitrogens with zero attached hydrogens (tertiary/aromatic N) is 1. The molecule has 1 fully saturated rings. The first-order valence-corrected chi connectivity index (χ1v) is 8.93. The number of thiophene rings is 1.